The minimum absolute atomic E-state index is 0.654. The lowest BCUT2D eigenvalue weighted by Gasteiger charge is -2.28. The van der Waals surface area contributed by atoms with Gasteiger partial charge in [-0.2, -0.15) is 0 Å². The molecule has 4 nitrogen and oxygen atoms in total. The number of ether oxygens (including phenoxy) is 1. The molecule has 4 heteroatoms. The van der Waals surface area contributed by atoms with Crippen molar-refractivity contribution >= 4 is 5.57 Å². The summed E-state index contributed by atoms with van der Waals surface area (Å²) < 4.78 is 5.37. The van der Waals surface area contributed by atoms with Gasteiger partial charge < -0.3 is 15.9 Å². The van der Waals surface area contributed by atoms with Gasteiger partial charge in [0.05, 0.1) is 7.11 Å². The van der Waals surface area contributed by atoms with Crippen molar-refractivity contribution in [3.8, 4) is 5.75 Å². The molecule has 0 spiro atoms. The molecule has 3 rings (SSSR count). The highest BCUT2D eigenvalue weighted by Crippen LogP contribution is 2.34. The van der Waals surface area contributed by atoms with Gasteiger partial charge in [-0.25, -0.2) is 5.43 Å². The zero-order chi connectivity index (χ0) is 16.3. The zero-order valence-corrected chi connectivity index (χ0v) is 13.6. The summed E-state index contributed by atoms with van der Waals surface area (Å²) in [5.41, 5.74) is 17.1. The molecule has 0 saturated carbocycles. The molecule has 120 valence electrons. The van der Waals surface area contributed by atoms with Crippen LogP contribution in [0.3, 0.4) is 0 Å². The molecule has 0 fully saturated rings. The van der Waals surface area contributed by atoms with E-state index in [0.717, 1.165) is 29.0 Å². The number of hydrazine groups is 1. The van der Waals surface area contributed by atoms with Crippen molar-refractivity contribution in [3.63, 3.8) is 0 Å². The van der Waals surface area contributed by atoms with Crippen LogP contribution in [0.2, 0.25) is 0 Å². The largest absolute Gasteiger partial charge is 0.497 e. The smallest absolute Gasteiger partial charge is 0.119 e. The first kappa shape index (κ1) is 15.6. The van der Waals surface area contributed by atoms with Gasteiger partial charge in [-0.05, 0) is 29.7 Å². The van der Waals surface area contributed by atoms with E-state index in [4.69, 9.17) is 10.5 Å². The van der Waals surface area contributed by atoms with Crippen molar-refractivity contribution in [1.82, 2.24) is 10.9 Å². The molecule has 1 heterocycles. The van der Waals surface area contributed by atoms with Crippen LogP contribution in [0.1, 0.15) is 24.5 Å². The molecular formula is C19H23N3O. The summed E-state index contributed by atoms with van der Waals surface area (Å²) in [6.07, 6.45) is 1.59. The Morgan fingerprint density at radius 3 is 2.57 bits per heavy atom. The van der Waals surface area contributed by atoms with E-state index < -0.39 is 5.66 Å². The fourth-order valence-corrected chi connectivity index (χ4v) is 3.11. The van der Waals surface area contributed by atoms with E-state index in [1.807, 2.05) is 36.4 Å². The van der Waals surface area contributed by atoms with Crippen LogP contribution in [-0.2, 0) is 6.42 Å². The quantitative estimate of drug-likeness (QED) is 0.795. The van der Waals surface area contributed by atoms with Crippen molar-refractivity contribution in [2.24, 2.45) is 5.73 Å². The number of nitrogens with two attached hydrogens (primary N) is 1. The monoisotopic (exact) mass is 309 g/mol. The van der Waals surface area contributed by atoms with Gasteiger partial charge in [-0.1, -0.05) is 49.4 Å². The Morgan fingerprint density at radius 2 is 1.87 bits per heavy atom. The number of hydrogen-bond acceptors (Lipinski definition) is 4. The molecule has 2 aromatic rings. The number of hydrogen-bond donors (Lipinski definition) is 3. The van der Waals surface area contributed by atoms with E-state index in [0.29, 0.717) is 6.42 Å². The van der Waals surface area contributed by atoms with Crippen molar-refractivity contribution in [3.05, 3.63) is 71.4 Å². The number of allylic oxidation sites excluding steroid dienone is 1. The van der Waals surface area contributed by atoms with Gasteiger partial charge in [-0.3, -0.25) is 0 Å². The maximum atomic E-state index is 6.75. The van der Waals surface area contributed by atoms with Gasteiger partial charge in [-0.15, -0.1) is 0 Å². The molecule has 0 radical (unpaired) electrons. The summed E-state index contributed by atoms with van der Waals surface area (Å²) in [7, 11) is 1.68. The van der Waals surface area contributed by atoms with Gasteiger partial charge in [0.15, 0.2) is 0 Å². The summed E-state index contributed by atoms with van der Waals surface area (Å²) in [6, 6.07) is 18.3. The summed E-state index contributed by atoms with van der Waals surface area (Å²) in [4.78, 5) is 0. The molecule has 2 aromatic carbocycles. The zero-order valence-electron chi connectivity index (χ0n) is 13.6. The highest BCUT2D eigenvalue weighted by atomic mass is 16.5. The molecule has 4 N–H and O–H groups in total. The lowest BCUT2D eigenvalue weighted by atomic mass is 9.87. The van der Waals surface area contributed by atoms with Crippen LogP contribution in [0.5, 0.6) is 5.75 Å². The fourth-order valence-electron chi connectivity index (χ4n) is 3.11. The Morgan fingerprint density at radius 1 is 1.09 bits per heavy atom. The summed E-state index contributed by atoms with van der Waals surface area (Å²) in [5.74, 6) is 0.833. The van der Waals surface area contributed by atoms with Crippen molar-refractivity contribution < 1.29 is 4.74 Å². The highest BCUT2D eigenvalue weighted by Gasteiger charge is 2.37. The summed E-state index contributed by atoms with van der Waals surface area (Å²) in [5, 5.41) is 0. The predicted octanol–water partition coefficient (Wildman–Crippen LogP) is 2.82. The first-order valence-electron chi connectivity index (χ1n) is 7.90. The first-order valence-corrected chi connectivity index (χ1v) is 7.90. The maximum Gasteiger partial charge on any atom is 0.119 e. The van der Waals surface area contributed by atoms with Gasteiger partial charge in [0, 0.05) is 17.7 Å². The predicted molar refractivity (Wildman–Crippen MR) is 93.5 cm³/mol. The number of rotatable bonds is 5. The topological polar surface area (TPSA) is 59.3 Å². The lowest BCUT2D eigenvalue weighted by molar-refractivity contribution is 0.412. The fraction of sp³-hybridized carbons (Fsp3) is 0.263. The van der Waals surface area contributed by atoms with Crippen molar-refractivity contribution in [1.29, 1.82) is 0 Å². The molecule has 0 aromatic heterocycles. The maximum absolute atomic E-state index is 6.75. The third-order valence-electron chi connectivity index (χ3n) is 4.22. The number of nitrogens with one attached hydrogen (secondary N) is 2. The molecule has 0 aliphatic carbocycles. The average Bonchev–Trinajstić information content (AvgIpc) is 2.92. The molecule has 23 heavy (non-hydrogen) atoms. The normalized spacial score (nSPS) is 20.5. The summed E-state index contributed by atoms with van der Waals surface area (Å²) >= 11 is 0. The molecule has 0 amide bonds. The van der Waals surface area contributed by atoms with E-state index in [1.165, 1.54) is 5.56 Å². The number of methoxy groups -OCH3 is 1. The second-order valence-corrected chi connectivity index (χ2v) is 5.82. The average molecular weight is 309 g/mol. The molecule has 0 bridgehead atoms. The molecule has 1 aliphatic heterocycles. The molecule has 1 unspecified atom stereocenters. The van der Waals surface area contributed by atoms with Crippen LogP contribution in [0.25, 0.3) is 5.57 Å². The second-order valence-electron chi connectivity index (χ2n) is 5.82. The van der Waals surface area contributed by atoms with Crippen molar-refractivity contribution in [2.75, 3.05) is 7.11 Å². The van der Waals surface area contributed by atoms with Crippen LogP contribution in [0.15, 0.2) is 60.3 Å². The SMILES string of the molecule is CCC1=C(c2cccc(OC)c2)C(N)(Cc2ccccc2)NN1. The third-order valence-corrected chi connectivity index (χ3v) is 4.22. The Hall–Kier alpha value is -2.30. The second kappa shape index (κ2) is 6.44. The first-order chi connectivity index (χ1) is 11.2. The minimum atomic E-state index is -0.654. The van der Waals surface area contributed by atoms with Crippen LogP contribution in [0.4, 0.5) is 0 Å². The van der Waals surface area contributed by atoms with Crippen LogP contribution >= 0.6 is 0 Å². The summed E-state index contributed by atoms with van der Waals surface area (Å²) in [6.45, 7) is 2.12. The van der Waals surface area contributed by atoms with Crippen LogP contribution in [0, 0.1) is 0 Å². The van der Waals surface area contributed by atoms with Gasteiger partial charge in [0.2, 0.25) is 0 Å². The van der Waals surface area contributed by atoms with Crippen LogP contribution in [-0.4, -0.2) is 12.8 Å². The third kappa shape index (κ3) is 3.09. The molecule has 0 saturated heterocycles. The highest BCUT2D eigenvalue weighted by molar-refractivity contribution is 5.78. The van der Waals surface area contributed by atoms with E-state index in [1.54, 1.807) is 7.11 Å². The number of benzene rings is 2. The lowest BCUT2D eigenvalue weighted by Crippen LogP contribution is -2.55. The molecule has 1 aliphatic rings. The van der Waals surface area contributed by atoms with Crippen LogP contribution < -0.4 is 21.3 Å². The molecular weight excluding hydrogens is 286 g/mol. The van der Waals surface area contributed by atoms with Gasteiger partial charge in [0.25, 0.3) is 0 Å². The van der Waals surface area contributed by atoms with Gasteiger partial charge in [0.1, 0.15) is 11.4 Å². The van der Waals surface area contributed by atoms with E-state index >= 15 is 0 Å². The van der Waals surface area contributed by atoms with E-state index in [2.05, 4.69) is 36.0 Å². The Kier molecular flexibility index (Phi) is 4.37. The van der Waals surface area contributed by atoms with E-state index in [-0.39, 0.29) is 0 Å². The Bertz CT molecular complexity index is 712. The van der Waals surface area contributed by atoms with Gasteiger partial charge >= 0.3 is 0 Å². The standard InChI is InChI=1S/C19H23N3O/c1-3-17-18(15-10-7-11-16(12-15)23-2)19(20,22-21-17)13-14-8-5-4-6-9-14/h4-12,21-22H,3,13,20H2,1-2H3. The Labute approximate surface area is 137 Å². The van der Waals surface area contributed by atoms with Crippen molar-refractivity contribution in [2.45, 2.75) is 25.4 Å². The van der Waals surface area contributed by atoms with E-state index in [9.17, 15) is 0 Å². The Balaban J connectivity index is 2.01. The minimum Gasteiger partial charge on any atom is -0.497 e. The molecule has 1 atom stereocenters.